The van der Waals surface area contributed by atoms with Crippen LogP contribution in [0.4, 0.5) is 0 Å². The molecule has 0 unspecified atom stereocenters. The van der Waals surface area contributed by atoms with Gasteiger partial charge in [0.2, 0.25) is 0 Å². The highest BCUT2D eigenvalue weighted by molar-refractivity contribution is 5.26. The van der Waals surface area contributed by atoms with Gasteiger partial charge in [0.1, 0.15) is 5.75 Å². The third-order valence-electron chi connectivity index (χ3n) is 4.53. The van der Waals surface area contributed by atoms with Gasteiger partial charge in [0.05, 0.1) is 6.61 Å². The smallest absolute Gasteiger partial charge is 0.119 e. The quantitative estimate of drug-likeness (QED) is 0.616. The van der Waals surface area contributed by atoms with Crippen LogP contribution in [0.3, 0.4) is 0 Å². The molecule has 2 N–H and O–H groups in total. The molecule has 118 valence electrons. The molecule has 0 spiro atoms. The molecule has 1 aliphatic rings. The van der Waals surface area contributed by atoms with Crippen LogP contribution in [0.2, 0.25) is 0 Å². The molecule has 0 heterocycles. The molecule has 0 amide bonds. The Morgan fingerprint density at radius 3 is 2.38 bits per heavy atom. The van der Waals surface area contributed by atoms with Crippen LogP contribution in [0.5, 0.6) is 5.75 Å². The van der Waals surface area contributed by atoms with E-state index in [0.717, 1.165) is 36.9 Å². The third kappa shape index (κ3) is 5.68. The van der Waals surface area contributed by atoms with E-state index in [0.29, 0.717) is 6.54 Å². The van der Waals surface area contributed by atoms with Crippen LogP contribution in [0.1, 0.15) is 50.5 Å². The van der Waals surface area contributed by atoms with Crippen molar-refractivity contribution in [3.05, 3.63) is 29.8 Å². The number of rotatable bonds is 7. The van der Waals surface area contributed by atoms with Crippen molar-refractivity contribution in [2.45, 2.75) is 57.5 Å². The van der Waals surface area contributed by atoms with Gasteiger partial charge in [-0.3, -0.25) is 0 Å². The maximum absolute atomic E-state index is 5.80. The van der Waals surface area contributed by atoms with E-state index >= 15 is 0 Å². The van der Waals surface area contributed by atoms with Gasteiger partial charge in [-0.05, 0) is 44.0 Å². The first-order valence-electron chi connectivity index (χ1n) is 8.41. The van der Waals surface area contributed by atoms with Crippen LogP contribution < -0.4 is 10.5 Å². The predicted octanol–water partition coefficient (Wildman–Crippen LogP) is 3.57. The molecule has 1 aromatic rings. The van der Waals surface area contributed by atoms with Crippen LogP contribution in [-0.4, -0.2) is 31.1 Å². The fourth-order valence-electron chi connectivity index (χ4n) is 3.11. The molecule has 1 aliphatic carbocycles. The Bertz CT molecular complexity index is 383. The van der Waals surface area contributed by atoms with Crippen LogP contribution in [-0.2, 0) is 6.54 Å². The summed E-state index contributed by atoms with van der Waals surface area (Å²) in [6.07, 6.45) is 9.48. The lowest BCUT2D eigenvalue weighted by Gasteiger charge is -2.26. The van der Waals surface area contributed by atoms with Gasteiger partial charge in [0.15, 0.2) is 0 Å². The lowest BCUT2D eigenvalue weighted by molar-refractivity contribution is 0.199. The maximum atomic E-state index is 5.80. The Morgan fingerprint density at radius 2 is 1.76 bits per heavy atom. The number of ether oxygens (including phenoxy) is 1. The normalized spacial score (nSPS) is 16.9. The van der Waals surface area contributed by atoms with Crippen molar-refractivity contribution >= 4 is 0 Å². The summed E-state index contributed by atoms with van der Waals surface area (Å²) in [5.74, 6) is 0.948. The van der Waals surface area contributed by atoms with Crippen molar-refractivity contribution in [1.82, 2.24) is 4.90 Å². The van der Waals surface area contributed by atoms with E-state index in [1.807, 2.05) is 24.3 Å². The zero-order valence-electron chi connectivity index (χ0n) is 13.4. The van der Waals surface area contributed by atoms with Crippen LogP contribution >= 0.6 is 0 Å². The lowest BCUT2D eigenvalue weighted by Crippen LogP contribution is -2.32. The SMILES string of the molecule is CN(CCCOc1ccc(CN)cc1)C1CCCCCC1. The molecule has 21 heavy (non-hydrogen) atoms. The second-order valence-electron chi connectivity index (χ2n) is 6.18. The van der Waals surface area contributed by atoms with Gasteiger partial charge >= 0.3 is 0 Å². The first kappa shape index (κ1) is 16.3. The molecular weight excluding hydrogens is 260 g/mol. The molecule has 0 aliphatic heterocycles. The van der Waals surface area contributed by atoms with E-state index in [4.69, 9.17) is 10.5 Å². The zero-order valence-corrected chi connectivity index (χ0v) is 13.4. The van der Waals surface area contributed by atoms with Gasteiger partial charge < -0.3 is 15.4 Å². The van der Waals surface area contributed by atoms with Gasteiger partial charge in [-0.25, -0.2) is 0 Å². The summed E-state index contributed by atoms with van der Waals surface area (Å²) in [4.78, 5) is 2.53. The van der Waals surface area contributed by atoms with Crippen LogP contribution in [0.15, 0.2) is 24.3 Å². The molecule has 2 rings (SSSR count). The Labute approximate surface area is 129 Å². The van der Waals surface area contributed by atoms with Gasteiger partial charge in [-0.2, -0.15) is 0 Å². The van der Waals surface area contributed by atoms with E-state index in [1.54, 1.807) is 0 Å². The molecule has 3 nitrogen and oxygen atoms in total. The Hall–Kier alpha value is -1.06. The van der Waals surface area contributed by atoms with E-state index in [2.05, 4.69) is 11.9 Å². The fraction of sp³-hybridized carbons (Fsp3) is 0.667. The first-order chi connectivity index (χ1) is 10.3. The summed E-state index contributed by atoms with van der Waals surface area (Å²) in [6.45, 7) is 2.51. The molecule has 1 fully saturated rings. The Kier molecular flexibility index (Phi) is 7.04. The average molecular weight is 290 g/mol. The van der Waals surface area contributed by atoms with Gasteiger partial charge in [-0.1, -0.05) is 37.8 Å². The van der Waals surface area contributed by atoms with E-state index in [-0.39, 0.29) is 0 Å². The van der Waals surface area contributed by atoms with Gasteiger partial charge in [0.25, 0.3) is 0 Å². The minimum absolute atomic E-state index is 0.590. The van der Waals surface area contributed by atoms with Crippen LogP contribution in [0.25, 0.3) is 0 Å². The van der Waals surface area contributed by atoms with Crippen molar-refractivity contribution in [1.29, 1.82) is 0 Å². The maximum Gasteiger partial charge on any atom is 0.119 e. The monoisotopic (exact) mass is 290 g/mol. The summed E-state index contributed by atoms with van der Waals surface area (Å²) < 4.78 is 5.80. The van der Waals surface area contributed by atoms with E-state index in [9.17, 15) is 0 Å². The number of hydrogen-bond acceptors (Lipinski definition) is 3. The Balaban J connectivity index is 1.63. The van der Waals surface area contributed by atoms with Crippen molar-refractivity contribution in [2.24, 2.45) is 5.73 Å². The molecule has 0 radical (unpaired) electrons. The van der Waals surface area contributed by atoms with Crippen LogP contribution in [0, 0.1) is 0 Å². The lowest BCUT2D eigenvalue weighted by atomic mass is 10.1. The second-order valence-corrected chi connectivity index (χ2v) is 6.18. The third-order valence-corrected chi connectivity index (χ3v) is 4.53. The number of nitrogens with two attached hydrogens (primary N) is 1. The topological polar surface area (TPSA) is 38.5 Å². The highest BCUT2D eigenvalue weighted by Gasteiger charge is 2.16. The van der Waals surface area contributed by atoms with Crippen molar-refractivity contribution in [2.75, 3.05) is 20.2 Å². The predicted molar refractivity (Wildman–Crippen MR) is 88.6 cm³/mol. The number of benzene rings is 1. The van der Waals surface area contributed by atoms with E-state index in [1.165, 1.54) is 38.5 Å². The molecular formula is C18H30N2O. The summed E-state index contributed by atoms with van der Waals surface area (Å²) in [6, 6.07) is 8.88. The molecule has 0 aromatic heterocycles. The summed E-state index contributed by atoms with van der Waals surface area (Å²) in [5, 5.41) is 0. The largest absolute Gasteiger partial charge is 0.494 e. The fourth-order valence-corrected chi connectivity index (χ4v) is 3.11. The number of nitrogens with zero attached hydrogens (tertiary/aromatic N) is 1. The molecule has 0 atom stereocenters. The molecule has 0 saturated heterocycles. The standard InChI is InChI=1S/C18H30N2O/c1-20(17-7-4-2-3-5-8-17)13-6-14-21-18-11-9-16(15-19)10-12-18/h9-12,17H,2-8,13-15,19H2,1H3. The highest BCUT2D eigenvalue weighted by Crippen LogP contribution is 2.21. The van der Waals surface area contributed by atoms with E-state index < -0.39 is 0 Å². The van der Waals surface area contributed by atoms with Crippen molar-refractivity contribution in [3.8, 4) is 5.75 Å². The Morgan fingerprint density at radius 1 is 1.10 bits per heavy atom. The average Bonchev–Trinajstić information content (AvgIpc) is 2.81. The summed E-state index contributed by atoms with van der Waals surface area (Å²) >= 11 is 0. The molecule has 0 bridgehead atoms. The second kappa shape index (κ2) is 9.06. The zero-order chi connectivity index (χ0) is 14.9. The molecule has 3 heteroatoms. The van der Waals surface area contributed by atoms with Gasteiger partial charge in [-0.15, -0.1) is 0 Å². The van der Waals surface area contributed by atoms with Crippen molar-refractivity contribution < 1.29 is 4.74 Å². The van der Waals surface area contributed by atoms with Gasteiger partial charge in [0, 0.05) is 19.1 Å². The van der Waals surface area contributed by atoms with Crippen molar-refractivity contribution in [3.63, 3.8) is 0 Å². The minimum atomic E-state index is 0.590. The highest BCUT2D eigenvalue weighted by atomic mass is 16.5. The number of hydrogen-bond donors (Lipinski definition) is 1. The summed E-state index contributed by atoms with van der Waals surface area (Å²) in [7, 11) is 2.27. The minimum Gasteiger partial charge on any atom is -0.494 e. The first-order valence-corrected chi connectivity index (χ1v) is 8.41. The molecule has 1 saturated carbocycles. The molecule has 1 aromatic carbocycles. The summed E-state index contributed by atoms with van der Waals surface area (Å²) in [5.41, 5.74) is 6.74.